The first kappa shape index (κ1) is 11.4. The van der Waals surface area contributed by atoms with E-state index in [1.165, 1.54) is 12.8 Å². The van der Waals surface area contributed by atoms with Gasteiger partial charge in [0, 0.05) is 19.7 Å². The fourth-order valence-electron chi connectivity index (χ4n) is 1.63. The maximum absolute atomic E-state index is 5.86. The van der Waals surface area contributed by atoms with Crippen LogP contribution in [-0.4, -0.2) is 36.3 Å². The van der Waals surface area contributed by atoms with E-state index in [1.807, 2.05) is 0 Å². The van der Waals surface area contributed by atoms with Crippen molar-refractivity contribution in [2.24, 2.45) is 0 Å². The summed E-state index contributed by atoms with van der Waals surface area (Å²) < 4.78 is 5.08. The van der Waals surface area contributed by atoms with Crippen LogP contribution in [0.1, 0.15) is 12.8 Å². The van der Waals surface area contributed by atoms with Crippen molar-refractivity contribution in [2.75, 3.05) is 30.9 Å². The van der Waals surface area contributed by atoms with Crippen molar-refractivity contribution in [3.05, 3.63) is 11.5 Å². The van der Waals surface area contributed by atoms with Crippen molar-refractivity contribution >= 4 is 23.1 Å². The topological polar surface area (TPSA) is 64.3 Å². The number of methoxy groups -OCH3 is 1. The predicted molar refractivity (Wildman–Crippen MR) is 63.7 cm³/mol. The van der Waals surface area contributed by atoms with Crippen LogP contribution >= 0.6 is 11.6 Å². The fourth-order valence-corrected chi connectivity index (χ4v) is 1.76. The van der Waals surface area contributed by atoms with Crippen LogP contribution in [0.5, 0.6) is 0 Å². The lowest BCUT2D eigenvalue weighted by Gasteiger charge is -2.24. The van der Waals surface area contributed by atoms with E-state index in [0.717, 1.165) is 12.4 Å². The second-order valence-electron chi connectivity index (χ2n) is 3.84. The summed E-state index contributed by atoms with van der Waals surface area (Å²) in [6, 6.07) is 0.517. The van der Waals surface area contributed by atoms with E-state index < -0.39 is 0 Å². The zero-order chi connectivity index (χ0) is 11.5. The molecule has 1 fully saturated rings. The second-order valence-corrected chi connectivity index (χ2v) is 4.17. The van der Waals surface area contributed by atoms with Gasteiger partial charge in [0.05, 0.1) is 18.5 Å². The molecule has 0 aromatic carbocycles. The summed E-state index contributed by atoms with van der Waals surface area (Å²) in [7, 11) is 1.68. The molecule has 1 aromatic heterocycles. The van der Waals surface area contributed by atoms with Crippen LogP contribution in [0.25, 0.3) is 0 Å². The van der Waals surface area contributed by atoms with E-state index in [4.69, 9.17) is 22.1 Å². The summed E-state index contributed by atoms with van der Waals surface area (Å²) in [5.41, 5.74) is 6.42. The monoisotopic (exact) mass is 242 g/mol. The number of anilines is 2. The first-order chi connectivity index (χ1) is 7.72. The van der Waals surface area contributed by atoms with Crippen molar-refractivity contribution in [1.29, 1.82) is 0 Å². The normalized spacial score (nSPS) is 15.1. The Kier molecular flexibility index (Phi) is 3.46. The molecule has 0 aliphatic heterocycles. The smallest absolute Gasteiger partial charge is 0.224 e. The molecule has 1 saturated carbocycles. The Morgan fingerprint density at radius 3 is 3.00 bits per heavy atom. The number of hydrogen-bond donors (Lipinski definition) is 1. The van der Waals surface area contributed by atoms with Crippen LogP contribution < -0.4 is 10.6 Å². The molecule has 16 heavy (non-hydrogen) atoms. The highest BCUT2D eigenvalue weighted by molar-refractivity contribution is 6.28. The average molecular weight is 243 g/mol. The van der Waals surface area contributed by atoms with Crippen LogP contribution in [0.2, 0.25) is 5.28 Å². The van der Waals surface area contributed by atoms with Gasteiger partial charge in [-0.3, -0.25) is 0 Å². The molecule has 0 atom stereocenters. The first-order valence-electron chi connectivity index (χ1n) is 5.26. The molecule has 0 unspecified atom stereocenters. The van der Waals surface area contributed by atoms with Gasteiger partial charge >= 0.3 is 0 Å². The van der Waals surface area contributed by atoms with Gasteiger partial charge in [0.25, 0.3) is 0 Å². The maximum Gasteiger partial charge on any atom is 0.224 e. The lowest BCUT2D eigenvalue weighted by atomic mass is 10.4. The molecule has 0 bridgehead atoms. The zero-order valence-corrected chi connectivity index (χ0v) is 9.94. The predicted octanol–water partition coefficient (Wildman–Crippen LogP) is 1.33. The largest absolute Gasteiger partial charge is 0.394 e. The summed E-state index contributed by atoms with van der Waals surface area (Å²) in [5.74, 6) is 0.722. The Morgan fingerprint density at radius 1 is 1.62 bits per heavy atom. The summed E-state index contributed by atoms with van der Waals surface area (Å²) >= 11 is 5.78. The molecular weight excluding hydrogens is 228 g/mol. The van der Waals surface area contributed by atoms with Crippen LogP contribution in [0.4, 0.5) is 11.5 Å². The molecule has 0 saturated heterocycles. The van der Waals surface area contributed by atoms with Crippen LogP contribution in [0, 0.1) is 0 Å². The summed E-state index contributed by atoms with van der Waals surface area (Å²) in [5, 5.41) is 0.229. The van der Waals surface area contributed by atoms with Crippen molar-refractivity contribution in [1.82, 2.24) is 9.97 Å². The van der Waals surface area contributed by atoms with Crippen molar-refractivity contribution in [2.45, 2.75) is 18.9 Å². The zero-order valence-electron chi connectivity index (χ0n) is 9.19. The number of halogens is 1. The number of aromatic nitrogens is 2. The summed E-state index contributed by atoms with van der Waals surface area (Å²) in [6.45, 7) is 1.43. The van der Waals surface area contributed by atoms with Gasteiger partial charge in [0.2, 0.25) is 5.28 Å². The molecule has 1 heterocycles. The second kappa shape index (κ2) is 4.84. The highest BCUT2D eigenvalue weighted by Gasteiger charge is 2.31. The molecule has 1 aliphatic rings. The van der Waals surface area contributed by atoms with Crippen molar-refractivity contribution in [3.63, 3.8) is 0 Å². The highest BCUT2D eigenvalue weighted by Crippen LogP contribution is 2.33. The van der Waals surface area contributed by atoms with Gasteiger partial charge in [-0.25, -0.2) is 4.98 Å². The summed E-state index contributed by atoms with van der Waals surface area (Å²) in [6.07, 6.45) is 3.89. The first-order valence-corrected chi connectivity index (χ1v) is 5.63. The van der Waals surface area contributed by atoms with Crippen LogP contribution in [-0.2, 0) is 4.74 Å². The summed E-state index contributed by atoms with van der Waals surface area (Å²) in [4.78, 5) is 10.2. The minimum atomic E-state index is 0.229. The molecule has 1 aliphatic carbocycles. The average Bonchev–Trinajstić information content (AvgIpc) is 3.08. The lowest BCUT2D eigenvalue weighted by molar-refractivity contribution is 0.205. The Morgan fingerprint density at radius 2 is 2.38 bits per heavy atom. The number of nitrogen functional groups attached to an aromatic ring is 1. The molecule has 88 valence electrons. The molecule has 0 amide bonds. The lowest BCUT2D eigenvalue weighted by Crippen LogP contribution is -2.31. The Labute approximate surface area is 99.6 Å². The van der Waals surface area contributed by atoms with Gasteiger partial charge in [-0.2, -0.15) is 4.98 Å². The van der Waals surface area contributed by atoms with Gasteiger partial charge in [-0.15, -0.1) is 0 Å². The molecular formula is C10H15ClN4O. The van der Waals surface area contributed by atoms with Crippen molar-refractivity contribution in [3.8, 4) is 0 Å². The number of rotatable bonds is 5. The SMILES string of the molecule is COCCN(c1nc(Cl)ncc1N)C1CC1. The Hall–Kier alpha value is -1.07. The van der Waals surface area contributed by atoms with E-state index in [2.05, 4.69) is 14.9 Å². The van der Waals surface area contributed by atoms with Gasteiger partial charge in [0.15, 0.2) is 5.82 Å². The van der Waals surface area contributed by atoms with E-state index >= 15 is 0 Å². The Balaban J connectivity index is 2.19. The van der Waals surface area contributed by atoms with Crippen molar-refractivity contribution < 1.29 is 4.74 Å². The fraction of sp³-hybridized carbons (Fsp3) is 0.600. The van der Waals surface area contributed by atoms with Gasteiger partial charge in [0.1, 0.15) is 0 Å². The van der Waals surface area contributed by atoms with E-state index in [9.17, 15) is 0 Å². The van der Waals surface area contributed by atoms with Gasteiger partial charge in [-0.05, 0) is 24.4 Å². The molecule has 2 rings (SSSR count). The molecule has 0 spiro atoms. The minimum Gasteiger partial charge on any atom is -0.394 e. The number of hydrogen-bond acceptors (Lipinski definition) is 5. The Bertz CT molecular complexity index is 370. The highest BCUT2D eigenvalue weighted by atomic mass is 35.5. The van der Waals surface area contributed by atoms with E-state index in [0.29, 0.717) is 18.3 Å². The molecule has 6 heteroatoms. The molecule has 2 N–H and O–H groups in total. The number of nitrogens with zero attached hydrogens (tertiary/aromatic N) is 3. The third-order valence-corrected chi connectivity index (χ3v) is 2.74. The van der Waals surface area contributed by atoms with Crippen LogP contribution in [0.15, 0.2) is 6.20 Å². The van der Waals surface area contributed by atoms with Gasteiger partial charge < -0.3 is 15.4 Å². The van der Waals surface area contributed by atoms with E-state index in [-0.39, 0.29) is 5.28 Å². The van der Waals surface area contributed by atoms with E-state index in [1.54, 1.807) is 13.3 Å². The minimum absolute atomic E-state index is 0.229. The molecule has 1 aromatic rings. The number of nitrogens with two attached hydrogens (primary N) is 1. The molecule has 5 nitrogen and oxygen atoms in total. The number of ether oxygens (including phenoxy) is 1. The van der Waals surface area contributed by atoms with Gasteiger partial charge in [-0.1, -0.05) is 0 Å². The molecule has 0 radical (unpaired) electrons. The third-order valence-electron chi connectivity index (χ3n) is 2.56. The maximum atomic E-state index is 5.86. The van der Waals surface area contributed by atoms with Crippen LogP contribution in [0.3, 0.4) is 0 Å². The quantitative estimate of drug-likeness (QED) is 0.790. The standard InChI is InChI=1S/C10H15ClN4O/c1-16-5-4-15(7-2-3-7)9-8(12)6-13-10(11)14-9/h6-7H,2-5,12H2,1H3. The third kappa shape index (κ3) is 2.54.